The highest BCUT2D eigenvalue weighted by Gasteiger charge is 2.26. The van der Waals surface area contributed by atoms with Gasteiger partial charge in [0, 0.05) is 40.3 Å². The van der Waals surface area contributed by atoms with Crippen LogP contribution >= 0.6 is 11.3 Å². The van der Waals surface area contributed by atoms with Crippen LogP contribution in [-0.2, 0) is 24.1 Å². The Morgan fingerprint density at radius 1 is 1.15 bits per heavy atom. The third-order valence-corrected chi connectivity index (χ3v) is 7.24. The molecular formula is C27H25FN2O2S. The van der Waals surface area contributed by atoms with Crippen LogP contribution in [0.1, 0.15) is 51.7 Å². The standard InChI is InChI=1S/C27H25FN2O2S/c1-2-32-27(31)25-22-8-4-6-10-24(22)33-26(25)29-15-19-17-30(23-9-5-3-7-21(19)23)16-18-11-13-20(28)14-12-18/h3,5,7,9,11-15,17H,2,4,6,8,10,16H2,1H3. The van der Waals surface area contributed by atoms with Gasteiger partial charge < -0.3 is 9.30 Å². The van der Waals surface area contributed by atoms with Gasteiger partial charge in [-0.3, -0.25) is 0 Å². The summed E-state index contributed by atoms with van der Waals surface area (Å²) in [5.74, 6) is -0.511. The molecule has 33 heavy (non-hydrogen) atoms. The Morgan fingerprint density at radius 3 is 2.76 bits per heavy atom. The molecule has 1 aliphatic rings. The maximum absolute atomic E-state index is 13.3. The minimum atomic E-state index is -0.275. The monoisotopic (exact) mass is 460 g/mol. The molecule has 0 saturated carbocycles. The molecule has 0 fully saturated rings. The third kappa shape index (κ3) is 4.35. The van der Waals surface area contributed by atoms with E-state index in [-0.39, 0.29) is 11.8 Å². The molecule has 168 valence electrons. The van der Waals surface area contributed by atoms with Crippen LogP contribution in [0.2, 0.25) is 0 Å². The summed E-state index contributed by atoms with van der Waals surface area (Å²) in [5, 5.41) is 1.82. The molecule has 2 aromatic heterocycles. The molecule has 0 unspecified atom stereocenters. The van der Waals surface area contributed by atoms with Crippen LogP contribution < -0.4 is 0 Å². The number of rotatable bonds is 6. The van der Waals surface area contributed by atoms with Gasteiger partial charge in [-0.25, -0.2) is 14.2 Å². The number of thiophene rings is 1. The van der Waals surface area contributed by atoms with Gasteiger partial charge in [0.2, 0.25) is 0 Å². The zero-order valence-corrected chi connectivity index (χ0v) is 19.3. The fourth-order valence-corrected chi connectivity index (χ4v) is 5.70. The number of aliphatic imine (C=N–C) groups is 1. The van der Waals surface area contributed by atoms with Crippen LogP contribution in [0.25, 0.3) is 10.9 Å². The van der Waals surface area contributed by atoms with Gasteiger partial charge in [-0.2, -0.15) is 0 Å². The second kappa shape index (κ2) is 9.32. The van der Waals surface area contributed by atoms with Gasteiger partial charge in [-0.15, -0.1) is 11.3 Å². The first-order valence-electron chi connectivity index (χ1n) is 11.3. The number of nitrogens with zero attached hydrogens (tertiary/aromatic N) is 2. The predicted octanol–water partition coefficient (Wildman–Crippen LogP) is 6.70. The van der Waals surface area contributed by atoms with E-state index in [1.165, 1.54) is 17.0 Å². The van der Waals surface area contributed by atoms with E-state index in [2.05, 4.69) is 22.9 Å². The predicted molar refractivity (Wildman–Crippen MR) is 132 cm³/mol. The minimum absolute atomic E-state index is 0.236. The molecule has 0 aliphatic heterocycles. The second-order valence-electron chi connectivity index (χ2n) is 8.23. The molecule has 0 radical (unpaired) electrons. The summed E-state index contributed by atoms with van der Waals surface area (Å²) >= 11 is 1.61. The zero-order chi connectivity index (χ0) is 22.8. The van der Waals surface area contributed by atoms with Crippen LogP contribution in [0.4, 0.5) is 9.39 Å². The Hall–Kier alpha value is -3.25. The quantitative estimate of drug-likeness (QED) is 0.237. The van der Waals surface area contributed by atoms with Crippen molar-refractivity contribution in [2.75, 3.05) is 6.61 Å². The van der Waals surface area contributed by atoms with Gasteiger partial charge in [0.15, 0.2) is 0 Å². The van der Waals surface area contributed by atoms with E-state index in [0.717, 1.165) is 58.3 Å². The first-order valence-corrected chi connectivity index (χ1v) is 12.1. The lowest BCUT2D eigenvalue weighted by molar-refractivity contribution is 0.0526. The SMILES string of the molecule is CCOC(=O)c1c(N=Cc2cn(Cc3ccc(F)cc3)c3ccccc23)sc2c1CCCC2. The number of carbonyl (C=O) groups is 1. The number of aromatic nitrogens is 1. The Balaban J connectivity index is 1.52. The normalized spacial score (nSPS) is 13.5. The smallest absolute Gasteiger partial charge is 0.341 e. The zero-order valence-electron chi connectivity index (χ0n) is 18.5. The van der Waals surface area contributed by atoms with Gasteiger partial charge in [0.25, 0.3) is 0 Å². The molecule has 4 aromatic rings. The van der Waals surface area contributed by atoms with Crippen molar-refractivity contribution in [2.24, 2.45) is 4.99 Å². The van der Waals surface area contributed by atoms with Crippen LogP contribution in [0.15, 0.2) is 59.7 Å². The average molecular weight is 461 g/mol. The lowest BCUT2D eigenvalue weighted by atomic mass is 9.95. The van der Waals surface area contributed by atoms with E-state index in [1.807, 2.05) is 25.3 Å². The summed E-state index contributed by atoms with van der Waals surface area (Å²) < 4.78 is 20.8. The number of hydrogen-bond donors (Lipinski definition) is 0. The van der Waals surface area contributed by atoms with E-state index in [4.69, 9.17) is 9.73 Å². The molecule has 2 heterocycles. The van der Waals surface area contributed by atoms with Crippen molar-refractivity contribution in [3.63, 3.8) is 0 Å². The highest BCUT2D eigenvalue weighted by molar-refractivity contribution is 7.16. The van der Waals surface area contributed by atoms with Gasteiger partial charge in [-0.05, 0) is 61.9 Å². The van der Waals surface area contributed by atoms with Gasteiger partial charge >= 0.3 is 5.97 Å². The minimum Gasteiger partial charge on any atom is -0.462 e. The molecular weight excluding hydrogens is 435 g/mol. The molecule has 0 atom stereocenters. The fourth-order valence-electron chi connectivity index (χ4n) is 4.48. The van der Waals surface area contributed by atoms with Crippen molar-refractivity contribution in [2.45, 2.75) is 39.2 Å². The number of benzene rings is 2. The number of fused-ring (bicyclic) bond motifs is 2. The van der Waals surface area contributed by atoms with Crippen molar-refractivity contribution in [1.29, 1.82) is 0 Å². The molecule has 0 amide bonds. The maximum Gasteiger partial charge on any atom is 0.341 e. The number of aryl methyl sites for hydroxylation is 1. The van der Waals surface area contributed by atoms with Crippen LogP contribution in [0.3, 0.4) is 0 Å². The molecule has 6 heteroatoms. The summed E-state index contributed by atoms with van der Waals surface area (Å²) in [4.78, 5) is 18.8. The first-order chi connectivity index (χ1) is 16.1. The van der Waals surface area contributed by atoms with E-state index in [0.29, 0.717) is 18.7 Å². The summed E-state index contributed by atoms with van der Waals surface area (Å²) in [6.07, 6.45) is 8.07. The number of halogens is 1. The van der Waals surface area contributed by atoms with E-state index >= 15 is 0 Å². The molecule has 0 bridgehead atoms. The summed E-state index contributed by atoms with van der Waals surface area (Å²) in [6, 6.07) is 14.7. The number of hydrogen-bond acceptors (Lipinski definition) is 4. The second-order valence-corrected chi connectivity index (χ2v) is 9.31. The largest absolute Gasteiger partial charge is 0.462 e. The van der Waals surface area contributed by atoms with Gasteiger partial charge in [-0.1, -0.05) is 30.3 Å². The highest BCUT2D eigenvalue weighted by atomic mass is 32.1. The Labute approximate surface area is 196 Å². The topological polar surface area (TPSA) is 43.6 Å². The molecule has 4 nitrogen and oxygen atoms in total. The summed E-state index contributed by atoms with van der Waals surface area (Å²) in [7, 11) is 0. The number of carbonyl (C=O) groups excluding carboxylic acids is 1. The van der Waals surface area contributed by atoms with Crippen molar-refractivity contribution >= 4 is 39.4 Å². The Bertz CT molecular complexity index is 1330. The molecule has 0 N–H and O–H groups in total. The highest BCUT2D eigenvalue weighted by Crippen LogP contribution is 2.40. The number of ether oxygens (including phenoxy) is 1. The molecule has 0 saturated heterocycles. The molecule has 5 rings (SSSR count). The van der Waals surface area contributed by atoms with E-state index in [9.17, 15) is 9.18 Å². The molecule has 0 spiro atoms. The van der Waals surface area contributed by atoms with Gasteiger partial charge in [0.05, 0.1) is 12.2 Å². The molecule has 1 aliphatic carbocycles. The Morgan fingerprint density at radius 2 is 1.94 bits per heavy atom. The number of esters is 1. The van der Waals surface area contributed by atoms with Crippen molar-refractivity contribution in [3.05, 3.63) is 87.7 Å². The lowest BCUT2D eigenvalue weighted by Crippen LogP contribution is -2.09. The van der Waals surface area contributed by atoms with E-state index in [1.54, 1.807) is 23.5 Å². The van der Waals surface area contributed by atoms with Gasteiger partial charge in [0.1, 0.15) is 10.8 Å². The Kier molecular flexibility index (Phi) is 6.09. The van der Waals surface area contributed by atoms with Crippen LogP contribution in [0, 0.1) is 5.82 Å². The van der Waals surface area contributed by atoms with Crippen molar-refractivity contribution in [1.82, 2.24) is 4.57 Å². The fraction of sp³-hybridized carbons (Fsp3) is 0.259. The van der Waals surface area contributed by atoms with E-state index < -0.39 is 0 Å². The summed E-state index contributed by atoms with van der Waals surface area (Å²) in [5.41, 5.74) is 4.85. The average Bonchev–Trinajstić information content (AvgIpc) is 3.37. The first kappa shape index (κ1) is 21.6. The summed E-state index contributed by atoms with van der Waals surface area (Å²) in [6.45, 7) is 2.81. The third-order valence-electron chi connectivity index (χ3n) is 6.04. The van der Waals surface area contributed by atoms with Crippen LogP contribution in [-0.4, -0.2) is 23.4 Å². The molecule has 2 aromatic carbocycles. The van der Waals surface area contributed by atoms with Crippen molar-refractivity contribution < 1.29 is 13.9 Å². The lowest BCUT2D eigenvalue weighted by Gasteiger charge is -2.11. The van der Waals surface area contributed by atoms with Crippen molar-refractivity contribution in [3.8, 4) is 0 Å². The van der Waals surface area contributed by atoms with Crippen LogP contribution in [0.5, 0.6) is 0 Å². The maximum atomic E-state index is 13.3. The number of para-hydroxylation sites is 1.